The molecule has 0 atom stereocenters. The minimum atomic E-state index is -1.02. The van der Waals surface area contributed by atoms with E-state index >= 15 is 0 Å². The highest BCUT2D eigenvalue weighted by Gasteiger charge is 2.21. The van der Waals surface area contributed by atoms with Crippen LogP contribution in [0.25, 0.3) is 0 Å². The number of hydrogen-bond acceptors (Lipinski definition) is 11. The van der Waals surface area contributed by atoms with E-state index < -0.39 is 62.6 Å². The molecule has 11 nitrogen and oxygen atoms in total. The summed E-state index contributed by atoms with van der Waals surface area (Å²) in [7, 11) is 3.76. The Bertz CT molecular complexity index is 462. The molecule has 4 N–H and O–H groups in total. The van der Waals surface area contributed by atoms with Crippen molar-refractivity contribution in [3.63, 3.8) is 0 Å². The Morgan fingerprint density at radius 1 is 0.667 bits per heavy atom. The highest BCUT2D eigenvalue weighted by molar-refractivity contribution is 5.71. The molecule has 0 heterocycles. The quantitative estimate of drug-likeness (QED) is 0.156. The second kappa shape index (κ2) is 16.9. The maximum absolute atomic E-state index is 12.1. The number of aliphatic hydroxyl groups is 4. The lowest BCUT2D eigenvalue weighted by Crippen LogP contribution is -2.28. The van der Waals surface area contributed by atoms with Gasteiger partial charge in [-0.3, -0.25) is 14.4 Å². The molecule has 0 aliphatic carbocycles. The smallest absolute Gasteiger partial charge is 0.306 e. The van der Waals surface area contributed by atoms with Crippen LogP contribution in [0, 0.1) is 0 Å². The predicted octanol–water partition coefficient (Wildman–Crippen LogP) is -1.41. The topological polar surface area (TPSA) is 163 Å². The van der Waals surface area contributed by atoms with Crippen molar-refractivity contribution in [2.45, 2.75) is 56.8 Å². The van der Waals surface area contributed by atoms with Crippen LogP contribution in [0.3, 0.4) is 0 Å². The monoisotopic (exact) mass is 437 g/mol. The van der Waals surface area contributed by atoms with E-state index in [4.69, 9.17) is 34.6 Å². The van der Waals surface area contributed by atoms with Crippen LogP contribution in [0.2, 0.25) is 0 Å². The summed E-state index contributed by atoms with van der Waals surface area (Å²) in [6.45, 7) is -1.37. The molecule has 0 bridgehead atoms. The van der Waals surface area contributed by atoms with Crippen LogP contribution >= 0.6 is 0 Å². The number of rotatable bonds is 17. The Kier molecular flexibility index (Phi) is 15.9. The number of nitrogens with zero attached hydrogens (tertiary/aromatic N) is 1. The van der Waals surface area contributed by atoms with Crippen molar-refractivity contribution in [1.82, 2.24) is 4.90 Å². The average Bonchev–Trinajstić information content (AvgIpc) is 2.71. The fourth-order valence-electron chi connectivity index (χ4n) is 2.36. The van der Waals surface area contributed by atoms with Crippen LogP contribution < -0.4 is 0 Å². The lowest BCUT2D eigenvalue weighted by atomic mass is 10.1. The van der Waals surface area contributed by atoms with Crippen LogP contribution in [0.1, 0.15) is 38.5 Å². The molecule has 0 aromatic carbocycles. The molecule has 30 heavy (non-hydrogen) atoms. The second-order valence-corrected chi connectivity index (χ2v) is 7.05. The van der Waals surface area contributed by atoms with Gasteiger partial charge in [0.25, 0.3) is 0 Å². The summed E-state index contributed by atoms with van der Waals surface area (Å²) in [4.78, 5) is 37.6. The van der Waals surface area contributed by atoms with Gasteiger partial charge in [-0.25, -0.2) is 0 Å². The summed E-state index contributed by atoms with van der Waals surface area (Å²) in [5.41, 5.74) is 0. The third-order valence-electron chi connectivity index (χ3n) is 4.04. The highest BCUT2D eigenvalue weighted by Crippen LogP contribution is 2.14. The molecular formula is C19H35NO10. The van der Waals surface area contributed by atoms with Crippen LogP contribution in [-0.2, 0) is 28.6 Å². The molecule has 0 spiro atoms. The Morgan fingerprint density at radius 2 is 1.03 bits per heavy atom. The van der Waals surface area contributed by atoms with Gasteiger partial charge >= 0.3 is 17.9 Å². The summed E-state index contributed by atoms with van der Waals surface area (Å²) in [6, 6.07) is 0. The van der Waals surface area contributed by atoms with Crippen molar-refractivity contribution >= 4 is 17.9 Å². The Hall–Kier alpha value is -1.79. The van der Waals surface area contributed by atoms with Gasteiger partial charge in [0.2, 0.25) is 0 Å². The molecule has 0 aliphatic heterocycles. The highest BCUT2D eigenvalue weighted by atomic mass is 16.6. The number of aliphatic hydroxyl groups excluding tert-OH is 4. The summed E-state index contributed by atoms with van der Waals surface area (Å²) >= 11 is 0. The third kappa shape index (κ3) is 14.2. The summed E-state index contributed by atoms with van der Waals surface area (Å²) in [6.07, 6.45) is -2.14. The summed E-state index contributed by atoms with van der Waals surface area (Å²) in [5.74, 6) is -1.82. The largest absolute Gasteiger partial charge is 0.462 e. The van der Waals surface area contributed by atoms with Crippen molar-refractivity contribution in [2.24, 2.45) is 0 Å². The molecule has 0 saturated carbocycles. The standard InChI is InChI=1S/C19H35NO10/c1-20(2)9-3-4-17(25)28-14(5-7-18(26)29-15(10-21)11-22)6-8-19(27)30-16(12-23)13-24/h14-16,21-24H,3-13H2,1-2H3. The van der Waals surface area contributed by atoms with E-state index in [9.17, 15) is 14.4 Å². The molecule has 0 radical (unpaired) electrons. The predicted molar refractivity (Wildman–Crippen MR) is 104 cm³/mol. The van der Waals surface area contributed by atoms with E-state index in [2.05, 4.69) is 0 Å². The van der Waals surface area contributed by atoms with Gasteiger partial charge in [0, 0.05) is 19.3 Å². The van der Waals surface area contributed by atoms with Gasteiger partial charge < -0.3 is 39.5 Å². The van der Waals surface area contributed by atoms with Crippen LogP contribution in [-0.4, -0.2) is 109 Å². The zero-order valence-corrected chi connectivity index (χ0v) is 17.7. The van der Waals surface area contributed by atoms with Crippen LogP contribution in [0.4, 0.5) is 0 Å². The molecule has 11 heteroatoms. The Labute approximate surface area is 176 Å². The van der Waals surface area contributed by atoms with Gasteiger partial charge in [-0.1, -0.05) is 0 Å². The second-order valence-electron chi connectivity index (χ2n) is 7.05. The average molecular weight is 437 g/mol. The van der Waals surface area contributed by atoms with Crippen molar-refractivity contribution < 1.29 is 49.0 Å². The Morgan fingerprint density at radius 3 is 1.40 bits per heavy atom. The van der Waals surface area contributed by atoms with E-state index in [1.165, 1.54) is 0 Å². The summed E-state index contributed by atoms with van der Waals surface area (Å²) in [5, 5.41) is 35.8. The number of ether oxygens (including phenoxy) is 3. The normalized spacial score (nSPS) is 11.4. The van der Waals surface area contributed by atoms with Crippen molar-refractivity contribution in [3.05, 3.63) is 0 Å². The number of carbonyl (C=O) groups is 3. The fraction of sp³-hybridized carbons (Fsp3) is 0.842. The van der Waals surface area contributed by atoms with Crippen molar-refractivity contribution in [2.75, 3.05) is 47.1 Å². The number of esters is 3. The lowest BCUT2D eigenvalue weighted by Gasteiger charge is -2.19. The molecule has 0 aliphatic rings. The molecule has 0 unspecified atom stereocenters. The lowest BCUT2D eigenvalue weighted by molar-refractivity contribution is -0.159. The van der Waals surface area contributed by atoms with E-state index in [1.807, 2.05) is 19.0 Å². The third-order valence-corrected chi connectivity index (χ3v) is 4.04. The van der Waals surface area contributed by atoms with Gasteiger partial charge in [0.05, 0.1) is 26.4 Å². The molecule has 176 valence electrons. The first kappa shape index (κ1) is 28.2. The van der Waals surface area contributed by atoms with Crippen molar-refractivity contribution in [1.29, 1.82) is 0 Å². The minimum absolute atomic E-state index is 0.0819. The van der Waals surface area contributed by atoms with Crippen LogP contribution in [0.15, 0.2) is 0 Å². The zero-order chi connectivity index (χ0) is 22.9. The van der Waals surface area contributed by atoms with Crippen LogP contribution in [0.5, 0.6) is 0 Å². The number of carbonyl (C=O) groups excluding carboxylic acids is 3. The van der Waals surface area contributed by atoms with Gasteiger partial charge in [-0.05, 0) is 39.9 Å². The van der Waals surface area contributed by atoms with E-state index in [1.54, 1.807) is 0 Å². The van der Waals surface area contributed by atoms with Gasteiger partial charge in [0.1, 0.15) is 18.3 Å². The fourth-order valence-corrected chi connectivity index (χ4v) is 2.36. The van der Waals surface area contributed by atoms with Gasteiger partial charge in [0.15, 0.2) is 0 Å². The first-order valence-electron chi connectivity index (χ1n) is 9.92. The Balaban J connectivity index is 4.68. The molecule has 0 aromatic rings. The van der Waals surface area contributed by atoms with Gasteiger partial charge in [-0.2, -0.15) is 0 Å². The molecule has 0 aromatic heterocycles. The first-order valence-corrected chi connectivity index (χ1v) is 9.92. The molecule has 0 amide bonds. The molecule has 0 fully saturated rings. The first-order chi connectivity index (χ1) is 14.2. The minimum Gasteiger partial charge on any atom is -0.462 e. The SMILES string of the molecule is CN(C)CCCC(=O)OC(CCC(=O)OC(CO)CO)CCC(=O)OC(CO)CO. The maximum Gasteiger partial charge on any atom is 0.306 e. The van der Waals surface area contributed by atoms with Crippen molar-refractivity contribution in [3.8, 4) is 0 Å². The number of hydrogen-bond donors (Lipinski definition) is 4. The molecule has 0 saturated heterocycles. The summed E-state index contributed by atoms with van der Waals surface area (Å²) < 4.78 is 15.1. The van der Waals surface area contributed by atoms with E-state index in [0.717, 1.165) is 0 Å². The molecule has 0 rings (SSSR count). The van der Waals surface area contributed by atoms with E-state index in [-0.39, 0.29) is 32.1 Å². The van der Waals surface area contributed by atoms with E-state index in [0.29, 0.717) is 13.0 Å². The maximum atomic E-state index is 12.1. The molecular weight excluding hydrogens is 402 g/mol. The van der Waals surface area contributed by atoms with Gasteiger partial charge in [-0.15, -0.1) is 0 Å². The zero-order valence-electron chi connectivity index (χ0n) is 17.7.